The number of alkyl halides is 4. The summed E-state index contributed by atoms with van der Waals surface area (Å²) in [4.78, 5) is 13.9. The molecule has 1 rings (SSSR count). The number of carbonyl (C=O) groups excluding carboxylic acids is 1. The summed E-state index contributed by atoms with van der Waals surface area (Å²) in [5.41, 5.74) is -0.878. The van der Waals surface area contributed by atoms with Crippen molar-refractivity contribution in [1.82, 2.24) is 4.98 Å². The molecule has 0 aliphatic carbocycles. The van der Waals surface area contributed by atoms with Crippen molar-refractivity contribution < 1.29 is 31.8 Å². The predicted molar refractivity (Wildman–Crippen MR) is 47.7 cm³/mol. The van der Waals surface area contributed by atoms with E-state index in [1.165, 1.54) is 0 Å². The monoisotopic (exact) mass is 253 g/mol. The van der Waals surface area contributed by atoms with Crippen LogP contribution in [0, 0.1) is 0 Å². The molecule has 0 spiro atoms. The lowest BCUT2D eigenvalue weighted by atomic mass is 10.1. The Morgan fingerprint density at radius 2 is 2.12 bits per heavy atom. The zero-order valence-electron chi connectivity index (χ0n) is 8.55. The van der Waals surface area contributed by atoms with Gasteiger partial charge in [0.15, 0.2) is 12.0 Å². The number of methoxy groups -OCH3 is 1. The summed E-state index contributed by atoms with van der Waals surface area (Å²) in [6, 6.07) is 0. The number of hydrogen-bond donors (Lipinski definition) is 0. The predicted octanol–water partition coefficient (Wildman–Crippen LogP) is 2.27. The fourth-order valence-corrected chi connectivity index (χ4v) is 1.13. The minimum atomic E-state index is -5.03. The minimum absolute atomic E-state index is 0.185. The molecule has 1 heterocycles. The summed E-state index contributed by atoms with van der Waals surface area (Å²) in [7, 11) is 1.05. The third-order valence-electron chi connectivity index (χ3n) is 1.81. The average molecular weight is 253 g/mol. The summed E-state index contributed by atoms with van der Waals surface area (Å²) in [5.74, 6) is -1.48. The second-order valence-electron chi connectivity index (χ2n) is 2.83. The van der Waals surface area contributed by atoms with Crippen LogP contribution in [0.25, 0.3) is 0 Å². The van der Waals surface area contributed by atoms with Crippen LogP contribution < -0.4 is 9.47 Å². The normalized spacial score (nSPS) is 11.1. The molecule has 1 aromatic rings. The smallest absolute Gasteiger partial charge is 0.478 e. The second kappa shape index (κ2) is 4.98. The molecule has 17 heavy (non-hydrogen) atoms. The van der Waals surface area contributed by atoms with Crippen LogP contribution in [0.15, 0.2) is 6.20 Å². The second-order valence-corrected chi connectivity index (χ2v) is 2.83. The van der Waals surface area contributed by atoms with Crippen molar-refractivity contribution in [2.45, 2.75) is 13.0 Å². The molecule has 0 saturated heterocycles. The first kappa shape index (κ1) is 13.2. The molecule has 1 aromatic heterocycles. The van der Waals surface area contributed by atoms with Crippen molar-refractivity contribution in [3.8, 4) is 11.6 Å². The fourth-order valence-electron chi connectivity index (χ4n) is 1.13. The van der Waals surface area contributed by atoms with E-state index in [1.807, 2.05) is 0 Å². The number of pyridine rings is 1. The number of rotatable bonds is 4. The lowest BCUT2D eigenvalue weighted by Gasteiger charge is -2.15. The molecule has 0 aliphatic rings. The molecule has 0 unspecified atom stereocenters. The van der Waals surface area contributed by atoms with Crippen molar-refractivity contribution in [2.75, 3.05) is 7.11 Å². The third kappa shape index (κ3) is 3.05. The van der Waals surface area contributed by atoms with Crippen molar-refractivity contribution in [3.63, 3.8) is 0 Å². The first-order valence-electron chi connectivity index (χ1n) is 4.25. The van der Waals surface area contributed by atoms with E-state index < -0.39 is 30.2 Å². The van der Waals surface area contributed by atoms with E-state index in [0.717, 1.165) is 13.3 Å². The maximum atomic E-state index is 12.6. The summed E-state index contributed by atoms with van der Waals surface area (Å²) < 4.78 is 57.0. The first-order valence-corrected chi connectivity index (χ1v) is 4.25. The van der Waals surface area contributed by atoms with Gasteiger partial charge in [-0.2, -0.15) is 0 Å². The molecule has 8 heteroatoms. The van der Waals surface area contributed by atoms with Crippen molar-refractivity contribution in [3.05, 3.63) is 17.3 Å². The lowest BCUT2D eigenvalue weighted by molar-refractivity contribution is -0.275. The number of carbonyl (C=O) groups is 1. The molecule has 0 aromatic carbocycles. The van der Waals surface area contributed by atoms with Gasteiger partial charge in [-0.3, -0.25) is 4.79 Å². The Kier molecular flexibility index (Phi) is 3.87. The van der Waals surface area contributed by atoms with E-state index in [9.17, 15) is 22.4 Å². The van der Waals surface area contributed by atoms with E-state index in [4.69, 9.17) is 0 Å². The number of nitrogens with zero attached hydrogens (tertiary/aromatic N) is 1. The summed E-state index contributed by atoms with van der Waals surface area (Å²) >= 11 is 0. The standard InChI is InChI=1S/C9H7F4NO3/c1-16-8-7(17-9(11,12)13)6(2-10)5(4-15)3-14-8/h3-4H,2H2,1H3. The molecular weight excluding hydrogens is 246 g/mol. The van der Waals surface area contributed by atoms with Crippen LogP contribution >= 0.6 is 0 Å². The highest BCUT2D eigenvalue weighted by atomic mass is 19.4. The van der Waals surface area contributed by atoms with Crippen LogP contribution in [-0.2, 0) is 6.67 Å². The molecule has 0 radical (unpaired) electrons. The molecule has 0 aliphatic heterocycles. The molecule has 0 N–H and O–H groups in total. The van der Waals surface area contributed by atoms with Crippen LogP contribution in [-0.4, -0.2) is 24.7 Å². The van der Waals surface area contributed by atoms with Crippen molar-refractivity contribution in [2.24, 2.45) is 0 Å². The Bertz CT molecular complexity index is 419. The zero-order chi connectivity index (χ0) is 13.1. The number of aromatic nitrogens is 1. The van der Waals surface area contributed by atoms with Gasteiger partial charge in [-0.1, -0.05) is 0 Å². The van der Waals surface area contributed by atoms with Gasteiger partial charge < -0.3 is 9.47 Å². The highest BCUT2D eigenvalue weighted by molar-refractivity contribution is 5.78. The first-order chi connectivity index (χ1) is 7.92. The van der Waals surface area contributed by atoms with Crippen molar-refractivity contribution in [1.29, 1.82) is 0 Å². The van der Waals surface area contributed by atoms with Gasteiger partial charge in [0, 0.05) is 17.3 Å². The van der Waals surface area contributed by atoms with Crippen LogP contribution in [0.1, 0.15) is 15.9 Å². The van der Waals surface area contributed by atoms with Gasteiger partial charge >= 0.3 is 6.36 Å². The molecule has 0 fully saturated rings. The Morgan fingerprint density at radius 3 is 2.53 bits per heavy atom. The van der Waals surface area contributed by atoms with Crippen molar-refractivity contribution >= 4 is 6.29 Å². The van der Waals surface area contributed by atoms with Crippen LogP contribution in [0.3, 0.4) is 0 Å². The SMILES string of the molecule is COc1ncc(C=O)c(CF)c1OC(F)(F)F. The Balaban J connectivity index is 3.34. The van der Waals surface area contributed by atoms with E-state index in [0.29, 0.717) is 0 Å². The molecular formula is C9H7F4NO3. The van der Waals surface area contributed by atoms with Gasteiger partial charge in [0.05, 0.1) is 7.11 Å². The van der Waals surface area contributed by atoms with Crippen LogP contribution in [0.5, 0.6) is 11.6 Å². The van der Waals surface area contributed by atoms with Gasteiger partial charge in [-0.15, -0.1) is 13.2 Å². The van der Waals surface area contributed by atoms with Gasteiger partial charge in [0.2, 0.25) is 0 Å². The molecule has 0 bridgehead atoms. The fraction of sp³-hybridized carbons (Fsp3) is 0.333. The maximum absolute atomic E-state index is 12.6. The Labute approximate surface area is 93.2 Å². The molecule has 0 saturated carbocycles. The van der Waals surface area contributed by atoms with E-state index >= 15 is 0 Å². The maximum Gasteiger partial charge on any atom is 0.573 e. The van der Waals surface area contributed by atoms with E-state index in [2.05, 4.69) is 14.5 Å². The van der Waals surface area contributed by atoms with E-state index in [-0.39, 0.29) is 11.8 Å². The summed E-state index contributed by atoms with van der Waals surface area (Å²) in [5, 5.41) is 0. The Morgan fingerprint density at radius 1 is 1.47 bits per heavy atom. The molecule has 4 nitrogen and oxygen atoms in total. The number of hydrogen-bond acceptors (Lipinski definition) is 4. The minimum Gasteiger partial charge on any atom is -0.478 e. The highest BCUT2D eigenvalue weighted by Gasteiger charge is 2.34. The van der Waals surface area contributed by atoms with Gasteiger partial charge in [-0.05, 0) is 0 Å². The molecule has 94 valence electrons. The molecule has 0 amide bonds. The summed E-state index contributed by atoms with van der Waals surface area (Å²) in [6.07, 6.45) is -3.94. The summed E-state index contributed by atoms with van der Waals surface area (Å²) in [6.45, 7) is -1.31. The Hall–Kier alpha value is -1.86. The van der Waals surface area contributed by atoms with Gasteiger partial charge in [0.1, 0.15) is 6.67 Å². The third-order valence-corrected chi connectivity index (χ3v) is 1.81. The van der Waals surface area contributed by atoms with Gasteiger partial charge in [-0.25, -0.2) is 9.37 Å². The molecule has 0 atom stereocenters. The zero-order valence-corrected chi connectivity index (χ0v) is 8.55. The quantitative estimate of drug-likeness (QED) is 0.610. The number of aldehydes is 1. The number of ether oxygens (including phenoxy) is 2. The van der Waals surface area contributed by atoms with Crippen LogP contribution in [0.2, 0.25) is 0 Å². The topological polar surface area (TPSA) is 48.4 Å². The average Bonchev–Trinajstić information content (AvgIpc) is 2.26. The van der Waals surface area contributed by atoms with E-state index in [1.54, 1.807) is 0 Å². The highest BCUT2D eigenvalue weighted by Crippen LogP contribution is 2.35. The number of halogens is 4. The van der Waals surface area contributed by atoms with Crippen LogP contribution in [0.4, 0.5) is 17.6 Å². The largest absolute Gasteiger partial charge is 0.573 e. The van der Waals surface area contributed by atoms with Gasteiger partial charge in [0.25, 0.3) is 5.88 Å². The lowest BCUT2D eigenvalue weighted by Crippen LogP contribution is -2.19.